The molecular weight excluding hydrogens is 308 g/mol. The number of nitrogens with two attached hydrogens (primary N) is 1. The van der Waals surface area contributed by atoms with Crippen molar-refractivity contribution in [3.63, 3.8) is 0 Å². The van der Waals surface area contributed by atoms with Crippen molar-refractivity contribution < 1.29 is 4.79 Å². The lowest BCUT2D eigenvalue weighted by Gasteiger charge is -2.17. The molecule has 1 aliphatic rings. The number of carbonyl (C=O) groups excluding carboxylic acids is 1. The Kier molecular flexibility index (Phi) is 4.35. The highest BCUT2D eigenvalue weighted by Crippen LogP contribution is 2.35. The van der Waals surface area contributed by atoms with Gasteiger partial charge in [-0.15, -0.1) is 0 Å². The molecule has 0 radical (unpaired) electrons. The molecule has 0 atom stereocenters. The predicted molar refractivity (Wildman–Crippen MR) is 91.1 cm³/mol. The number of anilines is 1. The monoisotopic (exact) mass is 328 g/mol. The lowest BCUT2D eigenvalue weighted by molar-refractivity contribution is 0.0941. The highest BCUT2D eigenvalue weighted by Gasteiger charge is 2.30. The second kappa shape index (κ2) is 6.45. The summed E-state index contributed by atoms with van der Waals surface area (Å²) in [5.41, 5.74) is 5.64. The molecule has 1 heterocycles. The van der Waals surface area contributed by atoms with Crippen LogP contribution in [0.15, 0.2) is 39.9 Å². The highest BCUT2D eigenvalue weighted by atomic mass is 16.2. The molecule has 0 bridgehead atoms. The first-order valence-corrected chi connectivity index (χ1v) is 7.87. The summed E-state index contributed by atoms with van der Waals surface area (Å²) in [5, 5.41) is 0. The van der Waals surface area contributed by atoms with E-state index in [4.69, 9.17) is 5.73 Å². The SMILES string of the molecule is CN(CC(=O)c1c(N)n(C2CC2)c(=O)[nH]c1=O)Cc1ccccc1. The molecule has 1 aliphatic carbocycles. The van der Waals surface area contributed by atoms with Gasteiger partial charge in [-0.05, 0) is 25.5 Å². The third-order valence-corrected chi connectivity index (χ3v) is 4.08. The Bertz CT molecular complexity index is 866. The molecule has 7 heteroatoms. The number of likely N-dealkylation sites (N-methyl/N-ethyl adjacent to an activating group) is 1. The van der Waals surface area contributed by atoms with Gasteiger partial charge in [0.15, 0.2) is 5.78 Å². The smallest absolute Gasteiger partial charge is 0.330 e. The van der Waals surface area contributed by atoms with Crippen LogP contribution in [0.4, 0.5) is 5.82 Å². The fraction of sp³-hybridized carbons (Fsp3) is 0.353. The van der Waals surface area contributed by atoms with E-state index in [0.29, 0.717) is 6.54 Å². The van der Waals surface area contributed by atoms with Crippen LogP contribution in [-0.4, -0.2) is 33.8 Å². The minimum absolute atomic E-state index is 0.0112. The maximum absolute atomic E-state index is 12.5. The highest BCUT2D eigenvalue weighted by molar-refractivity contribution is 6.01. The van der Waals surface area contributed by atoms with Crippen molar-refractivity contribution in [2.75, 3.05) is 19.3 Å². The van der Waals surface area contributed by atoms with Gasteiger partial charge in [-0.3, -0.25) is 24.0 Å². The molecule has 0 saturated heterocycles. The summed E-state index contributed by atoms with van der Waals surface area (Å²) in [6.07, 6.45) is 1.66. The molecule has 1 saturated carbocycles. The zero-order valence-electron chi connectivity index (χ0n) is 13.5. The number of nitrogens with zero attached hydrogens (tertiary/aromatic N) is 2. The molecule has 7 nitrogen and oxygen atoms in total. The zero-order chi connectivity index (χ0) is 17.3. The largest absolute Gasteiger partial charge is 0.384 e. The van der Waals surface area contributed by atoms with Gasteiger partial charge in [0.05, 0.1) is 6.54 Å². The van der Waals surface area contributed by atoms with E-state index in [1.807, 2.05) is 35.2 Å². The van der Waals surface area contributed by atoms with Gasteiger partial charge in [-0.1, -0.05) is 30.3 Å². The van der Waals surface area contributed by atoms with Crippen LogP contribution >= 0.6 is 0 Å². The van der Waals surface area contributed by atoms with Gasteiger partial charge < -0.3 is 5.73 Å². The van der Waals surface area contributed by atoms with Crippen LogP contribution in [-0.2, 0) is 6.54 Å². The van der Waals surface area contributed by atoms with Gasteiger partial charge in [0.1, 0.15) is 11.4 Å². The average molecular weight is 328 g/mol. The first-order valence-electron chi connectivity index (χ1n) is 7.87. The first-order chi connectivity index (χ1) is 11.5. The summed E-state index contributed by atoms with van der Waals surface area (Å²) in [6, 6.07) is 9.71. The minimum Gasteiger partial charge on any atom is -0.384 e. The predicted octanol–water partition coefficient (Wildman–Crippen LogP) is 0.768. The number of hydrogen-bond acceptors (Lipinski definition) is 5. The fourth-order valence-corrected chi connectivity index (χ4v) is 2.81. The number of rotatable bonds is 6. The van der Waals surface area contributed by atoms with E-state index in [0.717, 1.165) is 18.4 Å². The topological polar surface area (TPSA) is 101 Å². The molecule has 0 unspecified atom stereocenters. The van der Waals surface area contributed by atoms with Crippen molar-refractivity contribution in [3.05, 3.63) is 62.3 Å². The summed E-state index contributed by atoms with van der Waals surface area (Å²) in [4.78, 5) is 40.5. The number of carbonyl (C=O) groups is 1. The van der Waals surface area contributed by atoms with E-state index >= 15 is 0 Å². The number of aromatic nitrogens is 2. The van der Waals surface area contributed by atoms with Crippen LogP contribution in [0.25, 0.3) is 0 Å². The second-order valence-corrected chi connectivity index (χ2v) is 6.20. The zero-order valence-corrected chi connectivity index (χ0v) is 13.5. The maximum atomic E-state index is 12.5. The van der Waals surface area contributed by atoms with E-state index < -0.39 is 11.2 Å². The summed E-state index contributed by atoms with van der Waals surface area (Å²) < 4.78 is 1.33. The van der Waals surface area contributed by atoms with Crippen molar-refractivity contribution in [3.8, 4) is 0 Å². The van der Waals surface area contributed by atoms with E-state index in [1.165, 1.54) is 4.57 Å². The van der Waals surface area contributed by atoms with Gasteiger partial charge in [-0.25, -0.2) is 4.79 Å². The second-order valence-electron chi connectivity index (χ2n) is 6.20. The summed E-state index contributed by atoms with van der Waals surface area (Å²) in [7, 11) is 1.80. The van der Waals surface area contributed by atoms with Gasteiger partial charge in [0, 0.05) is 12.6 Å². The van der Waals surface area contributed by atoms with Crippen molar-refractivity contribution >= 4 is 11.6 Å². The lowest BCUT2D eigenvalue weighted by atomic mass is 10.1. The third kappa shape index (κ3) is 3.30. The van der Waals surface area contributed by atoms with E-state index in [1.54, 1.807) is 7.05 Å². The molecular formula is C17H20N4O3. The van der Waals surface area contributed by atoms with Crippen molar-refractivity contribution in [2.45, 2.75) is 25.4 Å². The van der Waals surface area contributed by atoms with E-state index in [-0.39, 0.29) is 29.8 Å². The lowest BCUT2D eigenvalue weighted by Crippen LogP contribution is -2.38. The number of nitrogen functional groups attached to an aromatic ring is 1. The molecule has 1 fully saturated rings. The number of Topliss-reactive ketones (excluding diaryl/α,β-unsaturated/α-hetero) is 1. The molecule has 0 amide bonds. The Morgan fingerprint density at radius 1 is 1.29 bits per heavy atom. The van der Waals surface area contributed by atoms with Crippen LogP contribution in [0.1, 0.15) is 34.8 Å². The number of ketones is 1. The molecule has 2 aromatic rings. The quantitative estimate of drug-likeness (QED) is 0.763. The number of H-pyrrole nitrogens is 1. The Balaban J connectivity index is 1.81. The summed E-state index contributed by atoms with van der Waals surface area (Å²) >= 11 is 0. The van der Waals surface area contributed by atoms with Crippen LogP contribution < -0.4 is 17.0 Å². The standard InChI is InChI=1S/C17H20N4O3/c1-20(9-11-5-3-2-4-6-11)10-13(22)14-15(18)21(12-7-8-12)17(24)19-16(14)23/h2-6,12H,7-10,18H2,1H3,(H,19,23,24). The summed E-state index contributed by atoms with van der Waals surface area (Å²) in [5.74, 6) is -0.411. The number of aromatic amines is 1. The van der Waals surface area contributed by atoms with Crippen LogP contribution in [0.2, 0.25) is 0 Å². The fourth-order valence-electron chi connectivity index (χ4n) is 2.81. The Hall–Kier alpha value is -2.67. The van der Waals surface area contributed by atoms with Gasteiger partial charge in [0.25, 0.3) is 5.56 Å². The molecule has 1 aromatic heterocycles. The van der Waals surface area contributed by atoms with Crippen LogP contribution in [0, 0.1) is 0 Å². The first kappa shape index (κ1) is 16.2. The average Bonchev–Trinajstić information content (AvgIpc) is 3.32. The van der Waals surface area contributed by atoms with E-state index in [9.17, 15) is 14.4 Å². The van der Waals surface area contributed by atoms with E-state index in [2.05, 4.69) is 4.98 Å². The van der Waals surface area contributed by atoms with Crippen LogP contribution in [0.5, 0.6) is 0 Å². The molecule has 0 spiro atoms. The van der Waals surface area contributed by atoms with Crippen molar-refractivity contribution in [2.24, 2.45) is 0 Å². The molecule has 0 aliphatic heterocycles. The molecule has 3 rings (SSSR count). The normalized spacial score (nSPS) is 14.1. The number of nitrogens with one attached hydrogen (secondary N) is 1. The van der Waals surface area contributed by atoms with Crippen molar-refractivity contribution in [1.29, 1.82) is 0 Å². The Morgan fingerprint density at radius 3 is 2.58 bits per heavy atom. The minimum atomic E-state index is -0.715. The molecule has 24 heavy (non-hydrogen) atoms. The number of benzene rings is 1. The molecule has 126 valence electrons. The number of hydrogen-bond donors (Lipinski definition) is 2. The van der Waals surface area contributed by atoms with Crippen molar-refractivity contribution in [1.82, 2.24) is 14.5 Å². The molecule has 3 N–H and O–H groups in total. The van der Waals surface area contributed by atoms with Gasteiger partial charge in [-0.2, -0.15) is 0 Å². The Morgan fingerprint density at radius 2 is 1.96 bits per heavy atom. The maximum Gasteiger partial charge on any atom is 0.330 e. The summed E-state index contributed by atoms with van der Waals surface area (Å²) in [6.45, 7) is 0.623. The van der Waals surface area contributed by atoms with Gasteiger partial charge in [0.2, 0.25) is 0 Å². The van der Waals surface area contributed by atoms with Crippen LogP contribution in [0.3, 0.4) is 0 Å². The third-order valence-electron chi connectivity index (χ3n) is 4.08. The molecule has 1 aromatic carbocycles. The Labute approximate surface area is 138 Å². The van der Waals surface area contributed by atoms with Gasteiger partial charge >= 0.3 is 5.69 Å².